The van der Waals surface area contributed by atoms with E-state index in [-0.39, 0.29) is 11.8 Å². The molecule has 24 heavy (non-hydrogen) atoms. The van der Waals surface area contributed by atoms with Gasteiger partial charge in [0.1, 0.15) is 5.75 Å². The molecule has 6 nitrogen and oxygen atoms in total. The van der Waals surface area contributed by atoms with E-state index in [4.69, 9.17) is 4.74 Å². The third-order valence-corrected chi connectivity index (χ3v) is 4.04. The highest BCUT2D eigenvalue weighted by atomic mass is 16.5. The summed E-state index contributed by atoms with van der Waals surface area (Å²) in [7, 11) is 0. The second kappa shape index (κ2) is 7.77. The molecule has 1 fully saturated rings. The van der Waals surface area contributed by atoms with Crippen molar-refractivity contribution in [2.24, 2.45) is 5.92 Å². The number of carbonyl (C=O) groups is 1. The minimum Gasteiger partial charge on any atom is -0.494 e. The van der Waals surface area contributed by atoms with Crippen molar-refractivity contribution < 1.29 is 9.53 Å². The Kier molecular flexibility index (Phi) is 5.25. The average Bonchev–Trinajstić information content (AvgIpc) is 2.63. The van der Waals surface area contributed by atoms with E-state index in [0.29, 0.717) is 19.1 Å². The van der Waals surface area contributed by atoms with E-state index in [1.54, 1.807) is 18.5 Å². The van der Waals surface area contributed by atoms with Crippen LogP contribution in [0.3, 0.4) is 0 Å². The molecule has 0 bridgehead atoms. The van der Waals surface area contributed by atoms with Crippen LogP contribution < -0.4 is 15.0 Å². The van der Waals surface area contributed by atoms with Gasteiger partial charge in [-0.3, -0.25) is 4.79 Å². The topological polar surface area (TPSA) is 67.3 Å². The molecule has 1 aromatic heterocycles. The van der Waals surface area contributed by atoms with E-state index in [2.05, 4.69) is 20.2 Å². The lowest BCUT2D eigenvalue weighted by molar-refractivity contribution is -0.120. The first-order valence-corrected chi connectivity index (χ1v) is 8.32. The molecule has 1 saturated heterocycles. The standard InChI is InChI=1S/C18H22N4O2/c1-2-24-16-8-3-7-15(12-16)21-17(23)14-6-4-11-22(13-14)18-19-9-5-10-20-18/h3,5,7-10,12,14H,2,4,6,11,13H2,1H3,(H,21,23)/t14-/m0/s1. The molecule has 3 rings (SSSR count). The van der Waals surface area contributed by atoms with E-state index in [1.807, 2.05) is 31.2 Å². The predicted octanol–water partition coefficient (Wildman–Crippen LogP) is 2.73. The fourth-order valence-corrected chi connectivity index (χ4v) is 2.90. The van der Waals surface area contributed by atoms with E-state index < -0.39 is 0 Å². The van der Waals surface area contributed by atoms with Crippen molar-refractivity contribution in [1.29, 1.82) is 0 Å². The summed E-state index contributed by atoms with van der Waals surface area (Å²) in [6.07, 6.45) is 5.28. The number of benzene rings is 1. The van der Waals surface area contributed by atoms with Gasteiger partial charge in [0, 0.05) is 37.2 Å². The maximum absolute atomic E-state index is 12.6. The number of ether oxygens (including phenoxy) is 1. The van der Waals surface area contributed by atoms with Crippen LogP contribution in [0.4, 0.5) is 11.6 Å². The monoisotopic (exact) mass is 326 g/mol. The molecule has 1 aliphatic rings. The molecule has 1 atom stereocenters. The molecule has 0 aliphatic carbocycles. The first kappa shape index (κ1) is 16.2. The summed E-state index contributed by atoms with van der Waals surface area (Å²) < 4.78 is 5.47. The Balaban J connectivity index is 1.63. The first-order valence-electron chi connectivity index (χ1n) is 8.32. The summed E-state index contributed by atoms with van der Waals surface area (Å²) >= 11 is 0. The van der Waals surface area contributed by atoms with Gasteiger partial charge >= 0.3 is 0 Å². The van der Waals surface area contributed by atoms with Crippen LogP contribution in [0, 0.1) is 5.92 Å². The van der Waals surface area contributed by atoms with Gasteiger partial charge in [0.05, 0.1) is 12.5 Å². The van der Waals surface area contributed by atoms with Crippen molar-refractivity contribution in [3.63, 3.8) is 0 Å². The van der Waals surface area contributed by atoms with Gasteiger partial charge in [-0.1, -0.05) is 6.07 Å². The number of carbonyl (C=O) groups excluding carboxylic acids is 1. The summed E-state index contributed by atoms with van der Waals surface area (Å²) in [5.74, 6) is 1.41. The van der Waals surface area contributed by atoms with E-state index >= 15 is 0 Å². The highest BCUT2D eigenvalue weighted by molar-refractivity contribution is 5.93. The molecule has 0 saturated carbocycles. The number of hydrogen-bond acceptors (Lipinski definition) is 5. The average molecular weight is 326 g/mol. The SMILES string of the molecule is CCOc1cccc(NC(=O)[C@H]2CCCN(c3ncccn3)C2)c1. The fraction of sp³-hybridized carbons (Fsp3) is 0.389. The number of rotatable bonds is 5. The van der Waals surface area contributed by atoms with Crippen molar-refractivity contribution in [2.45, 2.75) is 19.8 Å². The minimum absolute atomic E-state index is 0.0317. The molecule has 0 radical (unpaired) electrons. The largest absolute Gasteiger partial charge is 0.494 e. The van der Waals surface area contributed by atoms with Crippen molar-refractivity contribution in [1.82, 2.24) is 9.97 Å². The van der Waals surface area contributed by atoms with E-state index in [1.165, 1.54) is 0 Å². The molecule has 0 spiro atoms. The lowest BCUT2D eigenvalue weighted by atomic mass is 9.97. The molecule has 1 aromatic carbocycles. The predicted molar refractivity (Wildman–Crippen MR) is 93.2 cm³/mol. The van der Waals surface area contributed by atoms with Crippen molar-refractivity contribution >= 4 is 17.5 Å². The number of piperidine rings is 1. The highest BCUT2D eigenvalue weighted by Crippen LogP contribution is 2.23. The van der Waals surface area contributed by atoms with Crippen LogP contribution in [0.2, 0.25) is 0 Å². The Hall–Kier alpha value is -2.63. The number of nitrogens with zero attached hydrogens (tertiary/aromatic N) is 3. The molecule has 126 valence electrons. The fourth-order valence-electron chi connectivity index (χ4n) is 2.90. The number of nitrogens with one attached hydrogen (secondary N) is 1. The van der Waals surface area contributed by atoms with Gasteiger partial charge in [-0.25, -0.2) is 9.97 Å². The second-order valence-corrected chi connectivity index (χ2v) is 5.78. The Morgan fingerprint density at radius 1 is 1.33 bits per heavy atom. The molecule has 6 heteroatoms. The summed E-state index contributed by atoms with van der Waals surface area (Å²) in [5.41, 5.74) is 0.763. The lowest BCUT2D eigenvalue weighted by Crippen LogP contribution is -2.41. The number of amides is 1. The van der Waals surface area contributed by atoms with Crippen LogP contribution in [0.25, 0.3) is 0 Å². The van der Waals surface area contributed by atoms with E-state index in [0.717, 1.165) is 30.8 Å². The molecular formula is C18H22N4O2. The van der Waals surface area contributed by atoms with Crippen molar-refractivity contribution in [3.05, 3.63) is 42.7 Å². The van der Waals surface area contributed by atoms with Gasteiger partial charge in [-0.2, -0.15) is 0 Å². The molecule has 1 aliphatic heterocycles. The Morgan fingerprint density at radius 2 is 2.17 bits per heavy atom. The summed E-state index contributed by atoms with van der Waals surface area (Å²) in [6, 6.07) is 9.28. The van der Waals surface area contributed by atoms with Crippen LogP contribution in [-0.4, -0.2) is 35.6 Å². The van der Waals surface area contributed by atoms with Crippen molar-refractivity contribution in [2.75, 3.05) is 29.9 Å². The number of aromatic nitrogens is 2. The quantitative estimate of drug-likeness (QED) is 0.915. The van der Waals surface area contributed by atoms with E-state index in [9.17, 15) is 4.79 Å². The molecule has 1 N–H and O–H groups in total. The van der Waals surface area contributed by atoms with Gasteiger partial charge in [0.15, 0.2) is 0 Å². The zero-order chi connectivity index (χ0) is 16.8. The van der Waals surface area contributed by atoms with Crippen LogP contribution >= 0.6 is 0 Å². The lowest BCUT2D eigenvalue weighted by Gasteiger charge is -2.31. The maximum atomic E-state index is 12.6. The number of anilines is 2. The Morgan fingerprint density at radius 3 is 2.96 bits per heavy atom. The Labute approximate surface area is 141 Å². The zero-order valence-electron chi connectivity index (χ0n) is 13.8. The molecule has 1 amide bonds. The zero-order valence-corrected chi connectivity index (χ0v) is 13.8. The van der Waals surface area contributed by atoms with Crippen LogP contribution in [0.15, 0.2) is 42.7 Å². The first-order chi connectivity index (χ1) is 11.8. The normalized spacial score (nSPS) is 17.4. The van der Waals surface area contributed by atoms with Gasteiger partial charge < -0.3 is 15.0 Å². The summed E-state index contributed by atoms with van der Waals surface area (Å²) in [5, 5.41) is 3.00. The van der Waals surface area contributed by atoms with Gasteiger partial charge in [-0.15, -0.1) is 0 Å². The maximum Gasteiger partial charge on any atom is 0.229 e. The van der Waals surface area contributed by atoms with Gasteiger partial charge in [-0.05, 0) is 38.0 Å². The highest BCUT2D eigenvalue weighted by Gasteiger charge is 2.27. The van der Waals surface area contributed by atoms with Crippen LogP contribution in [0.1, 0.15) is 19.8 Å². The molecule has 2 heterocycles. The third-order valence-electron chi connectivity index (χ3n) is 4.04. The summed E-state index contributed by atoms with van der Waals surface area (Å²) in [6.45, 7) is 4.06. The Bertz CT molecular complexity index is 678. The molecule has 0 unspecified atom stereocenters. The van der Waals surface area contributed by atoms with Crippen molar-refractivity contribution in [3.8, 4) is 5.75 Å². The summed E-state index contributed by atoms with van der Waals surface area (Å²) in [4.78, 5) is 23.2. The minimum atomic E-state index is -0.0710. The second-order valence-electron chi connectivity index (χ2n) is 5.78. The molecular weight excluding hydrogens is 304 g/mol. The van der Waals surface area contributed by atoms with Crippen LogP contribution in [-0.2, 0) is 4.79 Å². The van der Waals surface area contributed by atoms with Crippen LogP contribution in [0.5, 0.6) is 5.75 Å². The van der Waals surface area contributed by atoms with Gasteiger partial charge in [0.25, 0.3) is 0 Å². The third kappa shape index (κ3) is 4.01. The number of hydrogen-bond donors (Lipinski definition) is 1. The van der Waals surface area contributed by atoms with Gasteiger partial charge in [0.2, 0.25) is 11.9 Å². The smallest absolute Gasteiger partial charge is 0.229 e. The molecule has 2 aromatic rings.